The molecule has 20 heavy (non-hydrogen) atoms. The second-order valence-corrected chi connectivity index (χ2v) is 5.77. The molecule has 2 rings (SSSR count). The molecule has 1 aromatic carbocycles. The van der Waals surface area contributed by atoms with Crippen molar-refractivity contribution < 1.29 is 4.39 Å². The van der Waals surface area contributed by atoms with E-state index in [1.165, 1.54) is 25.0 Å². The van der Waals surface area contributed by atoms with Crippen molar-refractivity contribution in [1.82, 2.24) is 0 Å². The van der Waals surface area contributed by atoms with Crippen molar-refractivity contribution in [2.24, 2.45) is 11.1 Å². The zero-order chi connectivity index (χ0) is 14.8. The quantitative estimate of drug-likeness (QED) is 0.653. The molecule has 0 bridgehead atoms. The zero-order valence-corrected chi connectivity index (χ0v) is 12.4. The first-order chi connectivity index (χ1) is 9.51. The van der Waals surface area contributed by atoms with Crippen LogP contribution in [0.25, 0.3) is 0 Å². The van der Waals surface area contributed by atoms with E-state index in [1.54, 1.807) is 6.07 Å². The smallest absolute Gasteiger partial charge is 0.125 e. The number of halogens is 1. The molecule has 1 heterocycles. The Kier molecular flexibility index (Phi) is 4.31. The summed E-state index contributed by atoms with van der Waals surface area (Å²) in [6.45, 7) is 6.43. The maximum atomic E-state index is 13.3. The van der Waals surface area contributed by atoms with E-state index >= 15 is 0 Å². The first-order valence-corrected chi connectivity index (χ1v) is 7.40. The highest BCUT2D eigenvalue weighted by Crippen LogP contribution is 2.39. The fourth-order valence-corrected chi connectivity index (χ4v) is 3.18. The monoisotopic (exact) mass is 277 g/mol. The molecule has 0 aliphatic carbocycles. The molecule has 0 unspecified atom stereocenters. The van der Waals surface area contributed by atoms with E-state index < -0.39 is 0 Å². The number of rotatable bonds is 4. The van der Waals surface area contributed by atoms with E-state index in [0.717, 1.165) is 31.6 Å². The molecule has 0 radical (unpaired) electrons. The van der Waals surface area contributed by atoms with Crippen molar-refractivity contribution in [3.8, 4) is 0 Å². The average Bonchev–Trinajstić information content (AvgIpc) is 2.47. The van der Waals surface area contributed by atoms with Crippen LogP contribution in [0, 0.1) is 16.6 Å². The third kappa shape index (κ3) is 2.79. The van der Waals surface area contributed by atoms with Crippen LogP contribution < -0.4 is 10.6 Å². The van der Waals surface area contributed by atoms with Gasteiger partial charge in [-0.2, -0.15) is 0 Å². The lowest BCUT2D eigenvalue weighted by Crippen LogP contribution is -2.40. The van der Waals surface area contributed by atoms with Crippen LogP contribution >= 0.6 is 0 Å². The number of hydrogen-bond donors (Lipinski definition) is 2. The number of nitrogens with two attached hydrogens (primary N) is 1. The summed E-state index contributed by atoms with van der Waals surface area (Å²) in [5.74, 6) is -0.408. The van der Waals surface area contributed by atoms with Crippen molar-refractivity contribution >= 4 is 11.5 Å². The standard InChI is InChI=1S/C16H24FN3/c1-3-16(4-2)7-9-20(10-8-16)14-6-5-12(17)11-13(14)15(18)19/h5-6,11H,3-4,7-10H2,1-2H3,(H3,18,19). The first kappa shape index (κ1) is 14.8. The molecule has 1 fully saturated rings. The normalized spacial score (nSPS) is 18.1. The molecule has 0 spiro atoms. The molecule has 4 heteroatoms. The number of benzene rings is 1. The van der Waals surface area contributed by atoms with Crippen LogP contribution in [0.3, 0.4) is 0 Å². The van der Waals surface area contributed by atoms with Gasteiger partial charge in [0.05, 0.1) is 0 Å². The maximum absolute atomic E-state index is 13.3. The molecule has 0 amide bonds. The fourth-order valence-electron chi connectivity index (χ4n) is 3.18. The fraction of sp³-hybridized carbons (Fsp3) is 0.562. The third-order valence-corrected chi connectivity index (χ3v) is 4.91. The van der Waals surface area contributed by atoms with Gasteiger partial charge >= 0.3 is 0 Å². The summed E-state index contributed by atoms with van der Waals surface area (Å²) in [5.41, 5.74) is 7.43. The Morgan fingerprint density at radius 2 is 1.90 bits per heavy atom. The SMILES string of the molecule is CCC1(CC)CCN(c2ccc(F)cc2C(=N)N)CC1. The Morgan fingerprint density at radius 3 is 2.40 bits per heavy atom. The Balaban J connectivity index is 2.21. The second-order valence-electron chi connectivity index (χ2n) is 5.77. The Labute approximate surface area is 120 Å². The highest BCUT2D eigenvalue weighted by molar-refractivity contribution is 6.00. The summed E-state index contributed by atoms with van der Waals surface area (Å²) in [4.78, 5) is 2.24. The van der Waals surface area contributed by atoms with Crippen LogP contribution in [-0.2, 0) is 0 Å². The van der Waals surface area contributed by atoms with Gasteiger partial charge in [0.1, 0.15) is 11.7 Å². The van der Waals surface area contributed by atoms with E-state index in [2.05, 4.69) is 18.7 Å². The molecular formula is C16H24FN3. The van der Waals surface area contributed by atoms with E-state index in [1.807, 2.05) is 0 Å². The van der Waals surface area contributed by atoms with Crippen molar-refractivity contribution in [2.45, 2.75) is 39.5 Å². The van der Waals surface area contributed by atoms with Crippen molar-refractivity contribution in [3.05, 3.63) is 29.6 Å². The molecule has 110 valence electrons. The number of anilines is 1. The van der Waals surface area contributed by atoms with E-state index in [0.29, 0.717) is 11.0 Å². The van der Waals surface area contributed by atoms with Crippen LogP contribution in [-0.4, -0.2) is 18.9 Å². The number of nitrogens with one attached hydrogen (secondary N) is 1. The molecule has 1 aromatic rings. The van der Waals surface area contributed by atoms with Gasteiger partial charge < -0.3 is 10.6 Å². The number of piperidine rings is 1. The second kappa shape index (κ2) is 5.81. The van der Waals surface area contributed by atoms with Crippen LogP contribution in [0.15, 0.2) is 18.2 Å². The minimum atomic E-state index is -0.340. The highest BCUT2D eigenvalue weighted by Gasteiger charge is 2.31. The summed E-state index contributed by atoms with van der Waals surface area (Å²) >= 11 is 0. The lowest BCUT2D eigenvalue weighted by molar-refractivity contribution is 0.199. The lowest BCUT2D eigenvalue weighted by atomic mass is 9.74. The minimum absolute atomic E-state index is 0.0673. The summed E-state index contributed by atoms with van der Waals surface area (Å²) in [6, 6.07) is 4.55. The van der Waals surface area contributed by atoms with Gasteiger partial charge in [0.15, 0.2) is 0 Å². The van der Waals surface area contributed by atoms with Gasteiger partial charge in [-0.05, 0) is 36.5 Å². The molecule has 3 N–H and O–H groups in total. The summed E-state index contributed by atoms with van der Waals surface area (Å²) in [5, 5.41) is 7.63. The molecule has 0 aromatic heterocycles. The van der Waals surface area contributed by atoms with Crippen LogP contribution in [0.4, 0.5) is 10.1 Å². The Bertz CT molecular complexity index is 484. The van der Waals surface area contributed by atoms with Gasteiger partial charge in [0.2, 0.25) is 0 Å². The van der Waals surface area contributed by atoms with Crippen molar-refractivity contribution in [1.29, 1.82) is 5.41 Å². The van der Waals surface area contributed by atoms with E-state index in [-0.39, 0.29) is 11.7 Å². The van der Waals surface area contributed by atoms with Gasteiger partial charge in [-0.3, -0.25) is 5.41 Å². The topological polar surface area (TPSA) is 53.1 Å². The highest BCUT2D eigenvalue weighted by atomic mass is 19.1. The number of hydrogen-bond acceptors (Lipinski definition) is 2. The van der Waals surface area contributed by atoms with Gasteiger partial charge in [-0.25, -0.2) is 4.39 Å². The number of nitrogens with zero attached hydrogens (tertiary/aromatic N) is 1. The molecule has 0 saturated carbocycles. The number of nitrogen functional groups attached to an aromatic ring is 1. The van der Waals surface area contributed by atoms with E-state index in [9.17, 15) is 4.39 Å². The largest absolute Gasteiger partial charge is 0.384 e. The van der Waals surface area contributed by atoms with Gasteiger partial charge in [-0.1, -0.05) is 26.7 Å². The lowest BCUT2D eigenvalue weighted by Gasteiger charge is -2.42. The molecule has 1 aliphatic heterocycles. The molecule has 3 nitrogen and oxygen atoms in total. The summed E-state index contributed by atoms with van der Waals surface area (Å²) in [6.07, 6.45) is 4.71. The van der Waals surface area contributed by atoms with Crippen LogP contribution in [0.1, 0.15) is 45.1 Å². The summed E-state index contributed by atoms with van der Waals surface area (Å²) in [7, 11) is 0. The van der Waals surface area contributed by atoms with Gasteiger partial charge in [0.25, 0.3) is 0 Å². The Morgan fingerprint density at radius 1 is 1.30 bits per heavy atom. The molecule has 1 aliphatic rings. The zero-order valence-electron chi connectivity index (χ0n) is 12.4. The van der Waals surface area contributed by atoms with Crippen LogP contribution in [0.2, 0.25) is 0 Å². The van der Waals surface area contributed by atoms with Crippen molar-refractivity contribution in [2.75, 3.05) is 18.0 Å². The first-order valence-electron chi connectivity index (χ1n) is 7.40. The minimum Gasteiger partial charge on any atom is -0.384 e. The van der Waals surface area contributed by atoms with E-state index in [4.69, 9.17) is 11.1 Å². The third-order valence-electron chi connectivity index (χ3n) is 4.91. The molecule has 1 saturated heterocycles. The molecular weight excluding hydrogens is 253 g/mol. The Hall–Kier alpha value is -1.58. The van der Waals surface area contributed by atoms with Gasteiger partial charge in [-0.15, -0.1) is 0 Å². The van der Waals surface area contributed by atoms with Crippen LogP contribution in [0.5, 0.6) is 0 Å². The molecule has 0 atom stereocenters. The predicted octanol–water partition coefficient (Wildman–Crippen LogP) is 3.52. The average molecular weight is 277 g/mol. The maximum Gasteiger partial charge on any atom is 0.125 e. The predicted molar refractivity (Wildman–Crippen MR) is 81.9 cm³/mol. The van der Waals surface area contributed by atoms with Crippen molar-refractivity contribution in [3.63, 3.8) is 0 Å². The van der Waals surface area contributed by atoms with Gasteiger partial charge in [0, 0.05) is 24.3 Å². The summed E-state index contributed by atoms with van der Waals surface area (Å²) < 4.78 is 13.3. The number of amidine groups is 1.